The molecule has 0 aliphatic rings. The Morgan fingerprint density at radius 2 is 1.61 bits per heavy atom. The summed E-state index contributed by atoms with van der Waals surface area (Å²) in [7, 11) is 4.15. The van der Waals surface area contributed by atoms with Crippen molar-refractivity contribution in [1.29, 1.82) is 0 Å². The fraction of sp³-hybridized carbons (Fsp3) is 0.250. The molecule has 0 aliphatic carbocycles. The fourth-order valence-electron chi connectivity index (χ4n) is 3.04. The molecule has 8 nitrogen and oxygen atoms in total. The van der Waals surface area contributed by atoms with E-state index in [2.05, 4.69) is 0 Å². The van der Waals surface area contributed by atoms with Crippen LogP contribution in [0.2, 0.25) is 0 Å². The molecule has 0 aliphatic heterocycles. The van der Waals surface area contributed by atoms with E-state index in [1.807, 2.05) is 0 Å². The molecule has 0 bridgehead atoms. The number of rotatable bonds is 5. The number of aryl methyl sites for hydroxylation is 1. The molecule has 3 rings (SSSR count). The van der Waals surface area contributed by atoms with Gasteiger partial charge in [-0.15, -0.1) is 0 Å². The van der Waals surface area contributed by atoms with E-state index in [-0.39, 0.29) is 45.7 Å². The van der Waals surface area contributed by atoms with Gasteiger partial charge in [0.1, 0.15) is 22.6 Å². The SMILES string of the molecule is COc1cc(Oc2oc3c(C)c(OC)c(C)c(O)c3c(=O)c2OC)ccc1O. The van der Waals surface area contributed by atoms with Crippen LogP contribution in [0.25, 0.3) is 11.0 Å². The maximum absolute atomic E-state index is 12.9. The molecule has 28 heavy (non-hydrogen) atoms. The topological polar surface area (TPSA) is 108 Å². The van der Waals surface area contributed by atoms with Crippen LogP contribution in [0, 0.1) is 13.8 Å². The quantitative estimate of drug-likeness (QED) is 0.682. The number of ether oxygens (including phenoxy) is 4. The van der Waals surface area contributed by atoms with Crippen molar-refractivity contribution in [2.24, 2.45) is 0 Å². The third kappa shape index (κ3) is 2.92. The highest BCUT2D eigenvalue weighted by atomic mass is 16.6. The van der Waals surface area contributed by atoms with Crippen LogP contribution in [-0.4, -0.2) is 31.5 Å². The van der Waals surface area contributed by atoms with Crippen LogP contribution in [0.1, 0.15) is 11.1 Å². The third-order valence-corrected chi connectivity index (χ3v) is 4.42. The van der Waals surface area contributed by atoms with E-state index in [4.69, 9.17) is 23.4 Å². The lowest BCUT2D eigenvalue weighted by Gasteiger charge is -2.15. The number of benzene rings is 2. The van der Waals surface area contributed by atoms with Gasteiger partial charge < -0.3 is 33.6 Å². The molecule has 0 radical (unpaired) electrons. The highest BCUT2D eigenvalue weighted by molar-refractivity contribution is 5.91. The van der Waals surface area contributed by atoms with E-state index >= 15 is 0 Å². The standard InChI is InChI=1S/C20H20O8/c1-9-15(22)14-16(23)19(26-5)20(28-18(14)10(2)17(9)25-4)27-11-6-7-12(21)13(8-11)24-3/h6-8,21-22H,1-5H3. The smallest absolute Gasteiger partial charge is 0.338 e. The van der Waals surface area contributed by atoms with E-state index < -0.39 is 5.43 Å². The molecule has 2 aromatic carbocycles. The third-order valence-electron chi connectivity index (χ3n) is 4.42. The first-order chi connectivity index (χ1) is 13.3. The lowest BCUT2D eigenvalue weighted by atomic mass is 10.0. The molecule has 8 heteroatoms. The van der Waals surface area contributed by atoms with Crippen molar-refractivity contribution < 1.29 is 33.6 Å². The summed E-state index contributed by atoms with van der Waals surface area (Å²) in [4.78, 5) is 12.9. The second kappa shape index (κ2) is 7.22. The van der Waals surface area contributed by atoms with Crippen molar-refractivity contribution in [1.82, 2.24) is 0 Å². The van der Waals surface area contributed by atoms with Crippen molar-refractivity contribution in [3.8, 4) is 40.4 Å². The predicted octanol–water partition coefficient (Wildman–Crippen LogP) is 3.64. The molecule has 3 aromatic rings. The normalized spacial score (nSPS) is 10.8. The number of phenols is 2. The Bertz CT molecular complexity index is 1110. The van der Waals surface area contributed by atoms with E-state index in [9.17, 15) is 15.0 Å². The maximum atomic E-state index is 12.9. The zero-order chi connectivity index (χ0) is 20.6. The Hall–Kier alpha value is -3.55. The maximum Gasteiger partial charge on any atom is 0.338 e. The van der Waals surface area contributed by atoms with Gasteiger partial charge in [-0.25, -0.2) is 0 Å². The molecule has 0 unspecified atom stereocenters. The minimum atomic E-state index is -0.587. The summed E-state index contributed by atoms with van der Waals surface area (Å²) in [5, 5.41) is 20.2. The number of phenolic OH excluding ortho intramolecular Hbond substituents is 2. The Morgan fingerprint density at radius 3 is 2.21 bits per heavy atom. The average Bonchev–Trinajstić information content (AvgIpc) is 2.68. The Balaban J connectivity index is 2.27. The molecular weight excluding hydrogens is 368 g/mol. The van der Waals surface area contributed by atoms with Crippen LogP contribution in [0.5, 0.6) is 40.4 Å². The number of methoxy groups -OCH3 is 3. The van der Waals surface area contributed by atoms with Gasteiger partial charge in [0.15, 0.2) is 17.1 Å². The second-order valence-electron chi connectivity index (χ2n) is 6.02. The monoisotopic (exact) mass is 388 g/mol. The van der Waals surface area contributed by atoms with Crippen LogP contribution in [0.4, 0.5) is 0 Å². The van der Waals surface area contributed by atoms with Crippen LogP contribution < -0.4 is 24.4 Å². The zero-order valence-electron chi connectivity index (χ0n) is 16.1. The molecule has 1 aromatic heterocycles. The first-order valence-corrected chi connectivity index (χ1v) is 8.29. The van der Waals surface area contributed by atoms with Crippen molar-refractivity contribution in [3.63, 3.8) is 0 Å². The summed E-state index contributed by atoms with van der Waals surface area (Å²) in [5.41, 5.74) is 0.474. The number of hydrogen-bond acceptors (Lipinski definition) is 8. The average molecular weight is 388 g/mol. The van der Waals surface area contributed by atoms with E-state index in [1.54, 1.807) is 13.8 Å². The van der Waals surface area contributed by atoms with E-state index in [0.29, 0.717) is 16.9 Å². The molecule has 148 valence electrons. The van der Waals surface area contributed by atoms with Gasteiger partial charge in [-0.3, -0.25) is 4.79 Å². The molecule has 0 amide bonds. The van der Waals surface area contributed by atoms with Gasteiger partial charge in [0.25, 0.3) is 0 Å². The van der Waals surface area contributed by atoms with Crippen LogP contribution in [0.15, 0.2) is 27.4 Å². The van der Waals surface area contributed by atoms with Gasteiger partial charge in [0, 0.05) is 17.2 Å². The predicted molar refractivity (Wildman–Crippen MR) is 101 cm³/mol. The highest BCUT2D eigenvalue weighted by Gasteiger charge is 2.25. The molecule has 0 saturated heterocycles. The zero-order valence-corrected chi connectivity index (χ0v) is 16.1. The van der Waals surface area contributed by atoms with Gasteiger partial charge >= 0.3 is 5.95 Å². The van der Waals surface area contributed by atoms with Crippen LogP contribution in [-0.2, 0) is 0 Å². The van der Waals surface area contributed by atoms with Gasteiger partial charge in [0.2, 0.25) is 11.2 Å². The summed E-state index contributed by atoms with van der Waals surface area (Å²) < 4.78 is 27.0. The minimum Gasteiger partial charge on any atom is -0.507 e. The molecular formula is C20H20O8. The minimum absolute atomic E-state index is 0.0247. The largest absolute Gasteiger partial charge is 0.507 e. The summed E-state index contributed by atoms with van der Waals surface area (Å²) in [6.07, 6.45) is 0. The van der Waals surface area contributed by atoms with Crippen molar-refractivity contribution in [2.75, 3.05) is 21.3 Å². The Labute approximate surface area is 160 Å². The van der Waals surface area contributed by atoms with Gasteiger partial charge in [-0.1, -0.05) is 0 Å². The molecule has 2 N–H and O–H groups in total. The summed E-state index contributed by atoms with van der Waals surface area (Å²) in [6.45, 7) is 3.34. The summed E-state index contributed by atoms with van der Waals surface area (Å²) >= 11 is 0. The Morgan fingerprint density at radius 1 is 0.929 bits per heavy atom. The number of aromatic hydroxyl groups is 2. The number of fused-ring (bicyclic) bond motifs is 1. The molecule has 0 atom stereocenters. The summed E-state index contributed by atoms with van der Waals surface area (Å²) in [5.74, 6) is 0.0998. The number of hydrogen-bond donors (Lipinski definition) is 2. The molecule has 0 saturated carbocycles. The van der Waals surface area contributed by atoms with E-state index in [0.717, 1.165) is 0 Å². The van der Waals surface area contributed by atoms with E-state index in [1.165, 1.54) is 39.5 Å². The highest BCUT2D eigenvalue weighted by Crippen LogP contribution is 2.42. The first-order valence-electron chi connectivity index (χ1n) is 8.29. The van der Waals surface area contributed by atoms with Crippen molar-refractivity contribution >= 4 is 11.0 Å². The fourth-order valence-corrected chi connectivity index (χ4v) is 3.04. The van der Waals surface area contributed by atoms with Crippen LogP contribution in [0.3, 0.4) is 0 Å². The lowest BCUT2D eigenvalue weighted by molar-refractivity contribution is 0.302. The molecule has 1 heterocycles. The first kappa shape index (κ1) is 19.2. The van der Waals surface area contributed by atoms with Crippen LogP contribution >= 0.6 is 0 Å². The second-order valence-corrected chi connectivity index (χ2v) is 6.02. The van der Waals surface area contributed by atoms with Gasteiger partial charge in [0.05, 0.1) is 21.3 Å². The molecule has 0 spiro atoms. The summed E-state index contributed by atoms with van der Waals surface area (Å²) in [6, 6.07) is 4.28. The van der Waals surface area contributed by atoms with Gasteiger partial charge in [-0.2, -0.15) is 0 Å². The van der Waals surface area contributed by atoms with Gasteiger partial charge in [-0.05, 0) is 26.0 Å². The Kier molecular flexibility index (Phi) is 4.96. The van der Waals surface area contributed by atoms with Crippen molar-refractivity contribution in [3.05, 3.63) is 39.5 Å². The van der Waals surface area contributed by atoms with Crippen molar-refractivity contribution in [2.45, 2.75) is 13.8 Å². The molecule has 0 fully saturated rings. The lowest BCUT2D eigenvalue weighted by Crippen LogP contribution is -2.09.